The van der Waals surface area contributed by atoms with E-state index in [1.165, 1.54) is 12.1 Å². The fourth-order valence-corrected chi connectivity index (χ4v) is 4.00. The Kier molecular flexibility index (Phi) is 9.69. The van der Waals surface area contributed by atoms with Crippen molar-refractivity contribution in [1.29, 1.82) is 5.26 Å². The Morgan fingerprint density at radius 1 is 1.14 bits per heavy atom. The number of nitrogen functional groups attached to an aromatic ring is 1. The Bertz CT molecular complexity index is 1320. The number of halogens is 1. The predicted molar refractivity (Wildman–Crippen MR) is 147 cm³/mol. The second-order valence-electron chi connectivity index (χ2n) is 8.38. The van der Waals surface area contributed by atoms with Crippen LogP contribution in [0.5, 0.6) is 5.75 Å². The summed E-state index contributed by atoms with van der Waals surface area (Å²) in [5.41, 5.74) is 8.27. The Morgan fingerprint density at radius 2 is 1.86 bits per heavy atom. The number of aromatic hydroxyl groups is 1. The third kappa shape index (κ3) is 8.12. The first-order valence-corrected chi connectivity index (χ1v) is 12.3. The number of nitrogens with two attached hydrogens (primary N) is 1. The van der Waals surface area contributed by atoms with Gasteiger partial charge in [-0.3, -0.25) is 10.1 Å². The van der Waals surface area contributed by atoms with Crippen LogP contribution in [-0.2, 0) is 9.53 Å². The average Bonchev–Trinajstić information content (AvgIpc) is 2.88. The predicted octanol–water partition coefficient (Wildman–Crippen LogP) is 6.51. The molecular weight excluding hydrogens is 536 g/mol. The molecule has 0 bridgehead atoms. The maximum atomic E-state index is 12.7. The molecule has 0 unspecified atom stereocenters. The lowest BCUT2D eigenvalue weighted by Crippen LogP contribution is -2.22. The summed E-state index contributed by atoms with van der Waals surface area (Å²) in [6.45, 7) is 1.90. The highest BCUT2D eigenvalue weighted by Crippen LogP contribution is 2.36. The van der Waals surface area contributed by atoms with Gasteiger partial charge in [-0.15, -0.1) is 0 Å². The normalized spacial score (nSPS) is 12.4. The molecule has 3 rings (SSSR count). The lowest BCUT2D eigenvalue weighted by molar-refractivity contribution is -0.111. The summed E-state index contributed by atoms with van der Waals surface area (Å²) < 4.78 is 6.48. The smallest absolute Gasteiger partial charge is 0.412 e. The molecule has 3 aromatic carbocycles. The number of nitriles is 1. The Labute approximate surface area is 223 Å². The van der Waals surface area contributed by atoms with Crippen LogP contribution in [0.4, 0.5) is 21.9 Å². The van der Waals surface area contributed by atoms with E-state index in [0.29, 0.717) is 41.0 Å². The average molecular weight is 563 g/mol. The molecule has 190 valence electrons. The first-order chi connectivity index (χ1) is 17.8. The molecule has 0 spiro atoms. The van der Waals surface area contributed by atoms with Crippen molar-refractivity contribution in [3.63, 3.8) is 0 Å². The number of allylic oxidation sites excluding steroid dienone is 1. The molecule has 0 fully saturated rings. The molecule has 0 aliphatic rings. The minimum Gasteiger partial charge on any atom is -0.508 e. The second kappa shape index (κ2) is 13.1. The van der Waals surface area contributed by atoms with Gasteiger partial charge in [0.2, 0.25) is 5.91 Å². The van der Waals surface area contributed by atoms with E-state index in [-0.39, 0.29) is 17.6 Å². The molecule has 5 N–H and O–H groups in total. The zero-order valence-electron chi connectivity index (χ0n) is 20.1. The van der Waals surface area contributed by atoms with E-state index in [1.807, 2.05) is 13.0 Å². The van der Waals surface area contributed by atoms with E-state index < -0.39 is 12.2 Å². The number of hydrogen-bond donors (Lipinski definition) is 4. The number of phenols is 1. The summed E-state index contributed by atoms with van der Waals surface area (Å²) in [4.78, 5) is 24.9. The molecule has 0 saturated heterocycles. The zero-order valence-corrected chi connectivity index (χ0v) is 21.7. The summed E-state index contributed by atoms with van der Waals surface area (Å²) >= 11 is 3.40. The molecule has 2 atom stereocenters. The van der Waals surface area contributed by atoms with Gasteiger partial charge in [-0.25, -0.2) is 4.79 Å². The van der Waals surface area contributed by atoms with Crippen molar-refractivity contribution in [1.82, 2.24) is 0 Å². The van der Waals surface area contributed by atoms with Crippen LogP contribution in [0.25, 0.3) is 0 Å². The van der Waals surface area contributed by atoms with Gasteiger partial charge in [-0.05, 0) is 79.4 Å². The minimum atomic E-state index is -0.762. The Hall–Kier alpha value is -4.29. The van der Waals surface area contributed by atoms with Gasteiger partial charge in [-0.1, -0.05) is 41.1 Å². The topological polar surface area (TPSA) is 137 Å². The highest BCUT2D eigenvalue weighted by Gasteiger charge is 2.26. The van der Waals surface area contributed by atoms with Crippen molar-refractivity contribution < 1.29 is 19.4 Å². The van der Waals surface area contributed by atoms with Crippen molar-refractivity contribution in [3.8, 4) is 11.8 Å². The quantitative estimate of drug-likeness (QED) is 0.173. The van der Waals surface area contributed by atoms with Crippen molar-refractivity contribution in [2.75, 3.05) is 16.4 Å². The van der Waals surface area contributed by atoms with Crippen molar-refractivity contribution >= 4 is 45.0 Å². The molecule has 0 aliphatic heterocycles. The number of carbonyl (C=O) groups excluding carboxylic acids is 2. The number of anilines is 3. The fourth-order valence-electron chi connectivity index (χ4n) is 3.62. The largest absolute Gasteiger partial charge is 0.508 e. The van der Waals surface area contributed by atoms with E-state index in [4.69, 9.17) is 15.7 Å². The van der Waals surface area contributed by atoms with Gasteiger partial charge >= 0.3 is 6.09 Å². The van der Waals surface area contributed by atoms with Gasteiger partial charge in [-0.2, -0.15) is 5.26 Å². The monoisotopic (exact) mass is 562 g/mol. The number of phenolic OH excluding ortho intramolecular Hbond substituents is 1. The number of ether oxygens (including phenoxy) is 1. The maximum absolute atomic E-state index is 12.7. The van der Waals surface area contributed by atoms with Gasteiger partial charge in [0.05, 0.1) is 23.0 Å². The first-order valence-electron chi connectivity index (χ1n) is 11.5. The van der Waals surface area contributed by atoms with E-state index in [9.17, 15) is 14.7 Å². The van der Waals surface area contributed by atoms with E-state index in [1.54, 1.807) is 66.7 Å². The molecule has 0 aromatic heterocycles. The third-order valence-corrected chi connectivity index (χ3v) is 6.08. The van der Waals surface area contributed by atoms with E-state index in [0.717, 1.165) is 4.47 Å². The van der Waals surface area contributed by atoms with E-state index in [2.05, 4.69) is 26.6 Å². The van der Waals surface area contributed by atoms with Crippen LogP contribution < -0.4 is 16.4 Å². The molecule has 0 aliphatic carbocycles. The first kappa shape index (κ1) is 27.3. The lowest BCUT2D eigenvalue weighted by Gasteiger charge is -2.25. The number of rotatable bonds is 9. The maximum Gasteiger partial charge on any atom is 0.412 e. The number of nitrogens with one attached hydrogen (secondary N) is 2. The van der Waals surface area contributed by atoms with Crippen LogP contribution in [0.3, 0.4) is 0 Å². The standard InChI is InChI=1S/C28H27BrN4O4/c1-18(6-2-5-9-26(35)33-24-8-4-3-7-23(24)31)27(22-16-20(29)12-15-25(22)34)37-28(36)32-21-13-10-19(17-30)11-14-21/h3-5,7-16,18,27,34H,2,6,31H2,1H3,(H,32,36)(H,33,35)/b9-5+/t18-,27-/m0/s1. The molecule has 2 amide bonds. The SMILES string of the molecule is C[C@@H](CC/C=C/C(=O)Nc1ccccc1N)[C@H](OC(=O)Nc1ccc(C#N)cc1)c1cc(Br)ccc1O. The molecule has 0 saturated carbocycles. The van der Waals surface area contributed by atoms with Crippen LogP contribution in [-0.4, -0.2) is 17.1 Å². The van der Waals surface area contributed by atoms with Crippen LogP contribution >= 0.6 is 15.9 Å². The number of amides is 2. The summed E-state index contributed by atoms with van der Waals surface area (Å²) in [5.74, 6) is -0.504. The summed E-state index contributed by atoms with van der Waals surface area (Å²) in [7, 11) is 0. The van der Waals surface area contributed by atoms with Gasteiger partial charge in [0, 0.05) is 15.7 Å². The molecule has 8 nitrogen and oxygen atoms in total. The van der Waals surface area contributed by atoms with Crippen LogP contribution in [0.2, 0.25) is 0 Å². The number of nitrogens with zero attached hydrogens (tertiary/aromatic N) is 1. The second-order valence-corrected chi connectivity index (χ2v) is 9.29. The number of carbonyl (C=O) groups is 2. The van der Waals surface area contributed by atoms with Gasteiger partial charge in [0.25, 0.3) is 0 Å². The molecule has 0 radical (unpaired) electrons. The van der Waals surface area contributed by atoms with Gasteiger partial charge < -0.3 is 20.9 Å². The number of para-hydroxylation sites is 2. The van der Waals surface area contributed by atoms with Crippen molar-refractivity contribution in [3.05, 3.63) is 94.5 Å². The van der Waals surface area contributed by atoms with Crippen molar-refractivity contribution in [2.24, 2.45) is 5.92 Å². The van der Waals surface area contributed by atoms with Crippen molar-refractivity contribution in [2.45, 2.75) is 25.9 Å². The summed E-state index contributed by atoms with van der Waals surface area (Å²) in [6, 6.07) is 20.3. The van der Waals surface area contributed by atoms with Gasteiger partial charge in [0.15, 0.2) is 0 Å². The van der Waals surface area contributed by atoms with Crippen LogP contribution in [0, 0.1) is 17.2 Å². The van der Waals surface area contributed by atoms with Gasteiger partial charge in [0.1, 0.15) is 11.9 Å². The highest BCUT2D eigenvalue weighted by atomic mass is 79.9. The summed E-state index contributed by atoms with van der Waals surface area (Å²) in [6.07, 6.45) is 2.81. The third-order valence-electron chi connectivity index (χ3n) is 5.58. The molecule has 37 heavy (non-hydrogen) atoms. The van der Waals surface area contributed by atoms with Crippen LogP contribution in [0.1, 0.15) is 37.0 Å². The zero-order chi connectivity index (χ0) is 26.8. The fraction of sp³-hybridized carbons (Fsp3) is 0.179. The molecular formula is C28H27BrN4O4. The Morgan fingerprint density at radius 3 is 2.57 bits per heavy atom. The van der Waals surface area contributed by atoms with Crippen LogP contribution in [0.15, 0.2) is 83.4 Å². The number of benzene rings is 3. The van der Waals surface area contributed by atoms with E-state index >= 15 is 0 Å². The summed E-state index contributed by atoms with van der Waals surface area (Å²) in [5, 5.41) is 24.8. The molecule has 3 aromatic rings. The lowest BCUT2D eigenvalue weighted by atomic mass is 9.92. The number of hydrogen-bond acceptors (Lipinski definition) is 6. The highest BCUT2D eigenvalue weighted by molar-refractivity contribution is 9.10. The molecule has 0 heterocycles. The Balaban J connectivity index is 1.65. The molecule has 9 heteroatoms. The minimum absolute atomic E-state index is 0.00147.